The van der Waals surface area contributed by atoms with Crippen molar-refractivity contribution in [3.63, 3.8) is 0 Å². The van der Waals surface area contributed by atoms with E-state index in [-0.39, 0.29) is 38.6 Å². The third kappa shape index (κ3) is 10.8. The van der Waals surface area contributed by atoms with E-state index in [1.54, 1.807) is 0 Å². The van der Waals surface area contributed by atoms with E-state index in [0.717, 1.165) is 0 Å². The molecule has 0 aromatic rings. The zero-order valence-electron chi connectivity index (χ0n) is 4.64. The second-order valence-corrected chi connectivity index (χ2v) is 0.993. The summed E-state index contributed by atoms with van der Waals surface area (Å²) in [5.41, 5.74) is 0. The fourth-order valence-corrected chi connectivity index (χ4v) is 0.223. The van der Waals surface area contributed by atoms with Crippen molar-refractivity contribution >= 4 is 5.91 Å². The Labute approximate surface area is 68.9 Å². The molecule has 0 fully saturated rings. The van der Waals surface area contributed by atoms with Gasteiger partial charge in [-0.2, -0.15) is 0 Å². The molecule has 7 heavy (non-hydrogen) atoms. The van der Waals surface area contributed by atoms with Gasteiger partial charge in [-0.25, -0.2) is 0 Å². The molecule has 2 nitrogen and oxygen atoms in total. The van der Waals surface area contributed by atoms with Crippen molar-refractivity contribution in [1.29, 1.82) is 0 Å². The van der Waals surface area contributed by atoms with Gasteiger partial charge in [0.2, 0.25) is 0 Å². The summed E-state index contributed by atoms with van der Waals surface area (Å²) in [6, 6.07) is 0. The number of nitrogens with zero attached hydrogens (tertiary/aromatic N) is 1. The quantitative estimate of drug-likeness (QED) is 0.583. The number of carbonyl (C=O) groups excluding carboxylic acids is 1. The van der Waals surface area contributed by atoms with E-state index < -0.39 is 0 Å². The van der Waals surface area contributed by atoms with Gasteiger partial charge in [0.15, 0.2) is 0 Å². The summed E-state index contributed by atoms with van der Waals surface area (Å²) in [5.74, 6) is -0.0856. The maximum absolute atomic E-state index is 9.88. The number of carbonyl (C=O) groups is 1. The van der Waals surface area contributed by atoms with Crippen molar-refractivity contribution in [3.8, 4) is 0 Å². The van der Waals surface area contributed by atoms with Crippen molar-refractivity contribution in [2.45, 2.75) is 13.8 Å². The molecular weight excluding hydrogens is 167 g/mol. The maximum Gasteiger partial charge on any atom is 0.0479 e. The average molecular weight is 175 g/mol. The van der Waals surface area contributed by atoms with Crippen LogP contribution < -0.4 is 0 Å². The Bertz CT molecular complexity index is 55.7. The minimum Gasteiger partial charge on any atom is -0.654 e. The van der Waals surface area contributed by atoms with Crippen LogP contribution in [0.15, 0.2) is 0 Å². The SMILES string of the molecule is CC[N-]C(C)=O.[Y]. The first-order chi connectivity index (χ1) is 2.77. The predicted octanol–water partition coefficient (Wildman–Crippen LogP) is 0.924. The van der Waals surface area contributed by atoms with Crippen LogP contribution in [0, 0.1) is 0 Å². The van der Waals surface area contributed by atoms with Crippen LogP contribution >= 0.6 is 0 Å². The molecule has 0 unspecified atom stereocenters. The summed E-state index contributed by atoms with van der Waals surface area (Å²) in [5, 5.41) is 3.49. The van der Waals surface area contributed by atoms with Gasteiger partial charge in [0.05, 0.1) is 0 Å². The van der Waals surface area contributed by atoms with Crippen LogP contribution in [0.25, 0.3) is 5.32 Å². The molecule has 1 amide bonds. The minimum absolute atomic E-state index is 0. The molecule has 0 atom stereocenters. The van der Waals surface area contributed by atoms with E-state index in [1.807, 2.05) is 6.92 Å². The molecule has 1 radical (unpaired) electrons. The van der Waals surface area contributed by atoms with Crippen molar-refractivity contribution in [1.82, 2.24) is 0 Å². The molecule has 3 heteroatoms. The molecule has 39 valence electrons. The Hall–Kier alpha value is 0.574. The van der Waals surface area contributed by atoms with Crippen LogP contribution in [-0.4, -0.2) is 12.5 Å². The van der Waals surface area contributed by atoms with Crippen LogP contribution in [0.2, 0.25) is 0 Å². The average Bonchev–Trinajstić information content (AvgIpc) is 1.35. The molecule has 0 aliphatic heterocycles. The Morgan fingerprint density at radius 1 is 1.71 bits per heavy atom. The number of hydrogen-bond donors (Lipinski definition) is 0. The number of amides is 1. The molecule has 0 spiro atoms. The van der Waals surface area contributed by atoms with Gasteiger partial charge in [0, 0.05) is 38.6 Å². The van der Waals surface area contributed by atoms with Gasteiger partial charge in [0.1, 0.15) is 0 Å². The van der Waals surface area contributed by atoms with E-state index in [9.17, 15) is 4.79 Å². The molecule has 0 aromatic carbocycles. The first kappa shape index (κ1) is 10.5. The number of hydrogen-bond acceptors (Lipinski definition) is 1. The maximum atomic E-state index is 9.88. The van der Waals surface area contributed by atoms with E-state index in [2.05, 4.69) is 5.32 Å². The van der Waals surface area contributed by atoms with Gasteiger partial charge >= 0.3 is 0 Å². The molecule has 0 saturated carbocycles. The number of rotatable bonds is 1. The summed E-state index contributed by atoms with van der Waals surface area (Å²) >= 11 is 0. The van der Waals surface area contributed by atoms with E-state index >= 15 is 0 Å². The zero-order valence-corrected chi connectivity index (χ0v) is 7.48. The van der Waals surface area contributed by atoms with E-state index in [1.165, 1.54) is 6.92 Å². The third-order valence-corrected chi connectivity index (χ3v) is 0.381. The summed E-state index contributed by atoms with van der Waals surface area (Å²) in [6.07, 6.45) is 0. The van der Waals surface area contributed by atoms with Gasteiger partial charge in [0.25, 0.3) is 0 Å². The fraction of sp³-hybridized carbons (Fsp3) is 0.750. The monoisotopic (exact) mass is 175 g/mol. The van der Waals surface area contributed by atoms with Gasteiger partial charge in [-0.05, 0) is 6.92 Å². The van der Waals surface area contributed by atoms with Gasteiger partial charge < -0.3 is 10.1 Å². The fourth-order valence-electron chi connectivity index (χ4n) is 0.223. The molecule has 0 aromatic heterocycles. The Morgan fingerprint density at radius 2 is 2.14 bits per heavy atom. The molecule has 0 saturated heterocycles. The molecule has 0 bridgehead atoms. The normalized spacial score (nSPS) is 6.57. The predicted molar refractivity (Wildman–Crippen MR) is 24.6 cm³/mol. The molecule has 0 N–H and O–H groups in total. The van der Waals surface area contributed by atoms with Crippen LogP contribution in [0.5, 0.6) is 0 Å². The molecular formula is C4H8NOY-. The van der Waals surface area contributed by atoms with Crippen LogP contribution in [0.3, 0.4) is 0 Å². The second-order valence-electron chi connectivity index (χ2n) is 0.993. The van der Waals surface area contributed by atoms with E-state index in [0.29, 0.717) is 6.54 Å². The molecule has 0 aliphatic rings. The first-order valence-electron chi connectivity index (χ1n) is 1.95. The van der Waals surface area contributed by atoms with Gasteiger partial charge in [-0.1, -0.05) is 6.92 Å². The van der Waals surface area contributed by atoms with Crippen LogP contribution in [-0.2, 0) is 37.5 Å². The third-order valence-electron chi connectivity index (χ3n) is 0.381. The smallest absolute Gasteiger partial charge is 0.0479 e. The van der Waals surface area contributed by atoms with Crippen molar-refractivity contribution < 1.29 is 37.5 Å². The molecule has 0 aliphatic carbocycles. The van der Waals surface area contributed by atoms with Crippen LogP contribution in [0.4, 0.5) is 0 Å². The Kier molecular flexibility index (Phi) is 9.89. The Morgan fingerprint density at radius 3 is 2.14 bits per heavy atom. The van der Waals surface area contributed by atoms with Crippen molar-refractivity contribution in [3.05, 3.63) is 5.32 Å². The standard InChI is InChI=1S/C4H9NO.Y/c1-3-5-4(2)6;/h3H2,1-2H3,(H,5,6);/p-1. The molecule has 0 heterocycles. The topological polar surface area (TPSA) is 31.2 Å². The summed E-state index contributed by atoms with van der Waals surface area (Å²) in [4.78, 5) is 9.88. The minimum atomic E-state index is -0.0856. The second kappa shape index (κ2) is 6.57. The van der Waals surface area contributed by atoms with E-state index in [4.69, 9.17) is 0 Å². The van der Waals surface area contributed by atoms with Crippen LogP contribution in [0.1, 0.15) is 13.8 Å². The van der Waals surface area contributed by atoms with Crippen molar-refractivity contribution in [2.75, 3.05) is 6.54 Å². The zero-order chi connectivity index (χ0) is 4.99. The summed E-state index contributed by atoms with van der Waals surface area (Å²) < 4.78 is 0. The van der Waals surface area contributed by atoms with Gasteiger partial charge in [-0.3, -0.25) is 0 Å². The molecule has 0 rings (SSSR count). The van der Waals surface area contributed by atoms with Crippen molar-refractivity contribution in [2.24, 2.45) is 0 Å². The van der Waals surface area contributed by atoms with Gasteiger partial charge in [-0.15, -0.1) is 6.54 Å². The largest absolute Gasteiger partial charge is 0.654 e. The summed E-state index contributed by atoms with van der Waals surface area (Å²) in [6.45, 7) is 3.89. The summed E-state index contributed by atoms with van der Waals surface area (Å²) in [7, 11) is 0. The first-order valence-corrected chi connectivity index (χ1v) is 1.95. The Balaban J connectivity index is 0.